The van der Waals surface area contributed by atoms with Gasteiger partial charge in [-0.15, -0.1) is 6.58 Å². The van der Waals surface area contributed by atoms with Crippen LogP contribution >= 0.6 is 0 Å². The maximum absolute atomic E-state index is 12.3. The summed E-state index contributed by atoms with van der Waals surface area (Å²) in [6.07, 6.45) is 9.33. The molecule has 1 aromatic heterocycles. The van der Waals surface area contributed by atoms with E-state index in [9.17, 15) is 4.79 Å². The second-order valence-electron chi connectivity index (χ2n) is 10.8. The Morgan fingerprint density at radius 1 is 1.23 bits per heavy atom. The molecule has 2 aliphatic heterocycles. The van der Waals surface area contributed by atoms with Crippen molar-refractivity contribution < 1.29 is 23.5 Å². The van der Waals surface area contributed by atoms with Gasteiger partial charge in [0.05, 0.1) is 12.3 Å². The van der Waals surface area contributed by atoms with Crippen molar-refractivity contribution in [1.29, 1.82) is 0 Å². The molecule has 3 heterocycles. The lowest BCUT2D eigenvalue weighted by Gasteiger charge is -2.33. The van der Waals surface area contributed by atoms with E-state index in [1.807, 2.05) is 31.7 Å². The number of hydrogen-bond donors (Lipinski definition) is 0. The van der Waals surface area contributed by atoms with Crippen molar-refractivity contribution >= 4 is 17.1 Å². The molecule has 7 nitrogen and oxygen atoms in total. The van der Waals surface area contributed by atoms with Crippen LogP contribution in [0.4, 0.5) is 4.79 Å². The van der Waals surface area contributed by atoms with Gasteiger partial charge in [-0.3, -0.25) is 0 Å². The van der Waals surface area contributed by atoms with Crippen LogP contribution in [0.3, 0.4) is 0 Å². The van der Waals surface area contributed by atoms with Gasteiger partial charge in [-0.25, -0.2) is 4.79 Å². The smallest absolute Gasteiger partial charge is 0.410 e. The van der Waals surface area contributed by atoms with Crippen LogP contribution in [-0.2, 0) is 33.7 Å². The van der Waals surface area contributed by atoms with Gasteiger partial charge in [-0.1, -0.05) is 17.3 Å². The minimum Gasteiger partial charge on any atom is -0.444 e. The summed E-state index contributed by atoms with van der Waals surface area (Å²) in [5.74, 6) is 0.562. The average molecular weight is 485 g/mol. The summed E-state index contributed by atoms with van der Waals surface area (Å²) in [5, 5.41) is 5.51. The van der Waals surface area contributed by atoms with Crippen molar-refractivity contribution in [1.82, 2.24) is 10.1 Å². The number of allylic oxidation sites excluding steroid dienone is 1. The fourth-order valence-electron chi connectivity index (χ4n) is 4.93. The minimum atomic E-state index is -0.458. The number of carbonyl (C=O) groups excluding carboxylic acids is 1. The van der Waals surface area contributed by atoms with Crippen LogP contribution in [0.1, 0.15) is 76.1 Å². The Morgan fingerprint density at radius 3 is 2.71 bits per heavy atom. The van der Waals surface area contributed by atoms with Crippen molar-refractivity contribution in [3.05, 3.63) is 41.6 Å². The number of hydrogen-bond acceptors (Lipinski definition) is 6. The second-order valence-corrected chi connectivity index (χ2v) is 10.8. The first-order chi connectivity index (χ1) is 16.8. The van der Waals surface area contributed by atoms with Crippen LogP contribution in [0.5, 0.6) is 0 Å². The second kappa shape index (κ2) is 11.6. The molecule has 0 aliphatic carbocycles. The predicted octanol–water partition coefficient (Wildman–Crippen LogP) is 6.18. The standard InChI is InChI=1S/C28H40N2O5/c1-5-8-21-11-12-22-24(29-35-26(22)23(21)19-33-25-9-6-7-18-32-25)13-10-20-14-16-30(17-15-20)27(31)34-28(2,3)4/h5,11-12,20,25H,1,6-10,13-19H2,2-4H3. The van der Waals surface area contributed by atoms with Gasteiger partial charge in [-0.05, 0) is 89.7 Å². The van der Waals surface area contributed by atoms with Crippen LogP contribution in [0.2, 0.25) is 0 Å². The monoisotopic (exact) mass is 484 g/mol. The molecular weight excluding hydrogens is 444 g/mol. The van der Waals surface area contributed by atoms with Crippen LogP contribution in [-0.4, -0.2) is 47.7 Å². The van der Waals surface area contributed by atoms with Gasteiger partial charge in [0.25, 0.3) is 0 Å². The molecular formula is C28H40N2O5. The fourth-order valence-corrected chi connectivity index (χ4v) is 4.93. The topological polar surface area (TPSA) is 74.0 Å². The zero-order valence-corrected chi connectivity index (χ0v) is 21.5. The molecule has 2 aliphatic rings. The fraction of sp³-hybridized carbons (Fsp3) is 0.643. The van der Waals surface area contributed by atoms with Crippen LogP contribution in [0.15, 0.2) is 29.3 Å². The summed E-state index contributed by atoms with van der Waals surface area (Å²) < 4.78 is 23.2. The average Bonchev–Trinajstić information content (AvgIpc) is 3.25. The summed E-state index contributed by atoms with van der Waals surface area (Å²) in [5.41, 5.74) is 3.55. The number of amides is 1. The highest BCUT2D eigenvalue weighted by Crippen LogP contribution is 2.30. The Kier molecular flexibility index (Phi) is 8.50. The lowest BCUT2D eigenvalue weighted by atomic mass is 9.91. The normalized spacial score (nSPS) is 19.7. The molecule has 0 radical (unpaired) electrons. The van der Waals surface area contributed by atoms with Gasteiger partial charge in [0, 0.05) is 30.6 Å². The minimum absolute atomic E-state index is 0.149. The van der Waals surface area contributed by atoms with Crippen molar-refractivity contribution in [2.24, 2.45) is 5.92 Å². The van der Waals surface area contributed by atoms with Crippen LogP contribution in [0.25, 0.3) is 11.0 Å². The molecule has 2 aromatic rings. The summed E-state index contributed by atoms with van der Waals surface area (Å²) in [4.78, 5) is 14.2. The lowest BCUT2D eigenvalue weighted by molar-refractivity contribution is -0.168. The quantitative estimate of drug-likeness (QED) is 0.417. The highest BCUT2D eigenvalue weighted by molar-refractivity contribution is 5.83. The number of rotatable bonds is 8. The molecule has 7 heteroatoms. The van der Waals surface area contributed by atoms with Gasteiger partial charge in [0.2, 0.25) is 0 Å². The van der Waals surface area contributed by atoms with E-state index in [2.05, 4.69) is 23.9 Å². The number of carbonyl (C=O) groups is 1. The number of aromatic nitrogens is 1. The number of nitrogens with zero attached hydrogens (tertiary/aromatic N) is 2. The highest BCUT2D eigenvalue weighted by Gasteiger charge is 2.27. The molecule has 2 fully saturated rings. The molecule has 1 amide bonds. The third-order valence-corrected chi connectivity index (χ3v) is 6.89. The van der Waals surface area contributed by atoms with Crippen molar-refractivity contribution in [3.8, 4) is 0 Å². The molecule has 2 saturated heterocycles. The van der Waals surface area contributed by atoms with Crippen molar-refractivity contribution in [2.75, 3.05) is 19.7 Å². The van der Waals surface area contributed by atoms with Gasteiger partial charge >= 0.3 is 6.09 Å². The van der Waals surface area contributed by atoms with E-state index in [1.165, 1.54) is 0 Å². The van der Waals surface area contributed by atoms with E-state index < -0.39 is 5.60 Å². The molecule has 1 aromatic carbocycles. The summed E-state index contributed by atoms with van der Waals surface area (Å²) in [7, 11) is 0. The zero-order valence-electron chi connectivity index (χ0n) is 21.5. The van der Waals surface area contributed by atoms with Crippen LogP contribution < -0.4 is 0 Å². The Labute approximate surface area is 208 Å². The third-order valence-electron chi connectivity index (χ3n) is 6.89. The van der Waals surface area contributed by atoms with Gasteiger partial charge in [0.15, 0.2) is 11.9 Å². The predicted molar refractivity (Wildman–Crippen MR) is 135 cm³/mol. The Bertz CT molecular complexity index is 995. The first-order valence-electron chi connectivity index (χ1n) is 13.0. The molecule has 0 saturated carbocycles. The molecule has 192 valence electrons. The summed E-state index contributed by atoms with van der Waals surface area (Å²) in [6, 6.07) is 4.26. The molecule has 0 bridgehead atoms. The molecule has 1 unspecified atom stereocenters. The number of piperidine rings is 1. The molecule has 0 N–H and O–H groups in total. The maximum Gasteiger partial charge on any atom is 0.410 e. The van der Waals surface area contributed by atoms with Gasteiger partial charge in [0.1, 0.15) is 5.60 Å². The number of fused-ring (bicyclic) bond motifs is 1. The highest BCUT2D eigenvalue weighted by atomic mass is 16.7. The van der Waals surface area contributed by atoms with E-state index in [-0.39, 0.29) is 12.4 Å². The van der Waals surface area contributed by atoms with E-state index >= 15 is 0 Å². The SMILES string of the molecule is C=CCc1ccc2c(CCC3CCN(C(=O)OC(C)(C)C)CC3)noc2c1COC1CCCCO1. The van der Waals surface area contributed by atoms with Gasteiger partial charge in [-0.2, -0.15) is 0 Å². The number of benzene rings is 1. The van der Waals surface area contributed by atoms with E-state index in [4.69, 9.17) is 18.7 Å². The van der Waals surface area contributed by atoms with Crippen molar-refractivity contribution in [2.45, 2.75) is 90.6 Å². The van der Waals surface area contributed by atoms with Crippen molar-refractivity contribution in [3.63, 3.8) is 0 Å². The van der Waals surface area contributed by atoms with Crippen LogP contribution in [0, 0.1) is 5.92 Å². The van der Waals surface area contributed by atoms with E-state index in [0.29, 0.717) is 12.5 Å². The third kappa shape index (κ3) is 6.85. The number of likely N-dealkylation sites (tertiary alicyclic amines) is 1. The van der Waals surface area contributed by atoms with E-state index in [0.717, 1.165) is 98.9 Å². The number of ether oxygens (including phenoxy) is 3. The number of aryl methyl sites for hydroxylation is 1. The van der Waals surface area contributed by atoms with E-state index in [1.54, 1.807) is 0 Å². The maximum atomic E-state index is 12.3. The first-order valence-corrected chi connectivity index (χ1v) is 13.0. The summed E-state index contributed by atoms with van der Waals surface area (Å²) in [6.45, 7) is 12.3. The zero-order chi connectivity index (χ0) is 24.8. The largest absolute Gasteiger partial charge is 0.444 e. The summed E-state index contributed by atoms with van der Waals surface area (Å²) >= 11 is 0. The Morgan fingerprint density at radius 2 is 2.03 bits per heavy atom. The Hall–Kier alpha value is -2.38. The molecule has 4 rings (SSSR count). The molecule has 1 atom stereocenters. The molecule has 0 spiro atoms. The van der Waals surface area contributed by atoms with Gasteiger partial charge < -0.3 is 23.6 Å². The first kappa shape index (κ1) is 25.7. The Balaban J connectivity index is 1.37. The lowest BCUT2D eigenvalue weighted by Crippen LogP contribution is -2.41. The molecule has 35 heavy (non-hydrogen) atoms.